The number of hydrogen-bond donors (Lipinski definition) is 0. The molecule has 0 atom stereocenters. The number of ether oxygens (including phenoxy) is 1. The molecule has 0 N–H and O–H groups in total. The molecule has 0 aliphatic heterocycles. The Labute approximate surface area is 127 Å². The van der Waals surface area contributed by atoms with E-state index in [1.807, 2.05) is 6.07 Å². The number of hydrogen-bond acceptors (Lipinski definition) is 3. The van der Waals surface area contributed by atoms with Gasteiger partial charge in [0.15, 0.2) is 0 Å². The molecule has 0 saturated heterocycles. The van der Waals surface area contributed by atoms with Gasteiger partial charge < -0.3 is 4.74 Å². The second kappa shape index (κ2) is 6.35. The van der Waals surface area contributed by atoms with Gasteiger partial charge in [-0.3, -0.25) is 9.78 Å². The largest absolute Gasteiger partial charge is 0.492 e. The number of carbonyl (C=O) groups excluding carboxylic acids is 1. The Bertz CT molecular complexity index is 817. The first-order valence-electron chi connectivity index (χ1n) is 6.97. The first-order chi connectivity index (χ1) is 10.8. The summed E-state index contributed by atoms with van der Waals surface area (Å²) in [6.45, 7) is 0.424. The molecule has 0 radical (unpaired) electrons. The van der Waals surface area contributed by atoms with Crippen molar-refractivity contribution in [2.75, 3.05) is 6.61 Å². The monoisotopic (exact) mass is 295 g/mol. The van der Waals surface area contributed by atoms with Crippen LogP contribution in [0.3, 0.4) is 0 Å². The molecule has 4 heteroatoms. The molecule has 1 aromatic heterocycles. The highest BCUT2D eigenvalue weighted by Crippen LogP contribution is 2.24. The normalized spacial score (nSPS) is 10.6. The fourth-order valence-corrected chi connectivity index (χ4v) is 2.31. The number of fused-ring (bicyclic) bond motifs is 1. The smallest absolute Gasteiger partial charge is 0.150 e. The average molecular weight is 295 g/mol. The van der Waals surface area contributed by atoms with Crippen LogP contribution in [-0.2, 0) is 6.42 Å². The molecule has 0 aliphatic rings. The van der Waals surface area contributed by atoms with E-state index in [-0.39, 0.29) is 5.82 Å². The molecule has 3 rings (SSSR count). The summed E-state index contributed by atoms with van der Waals surface area (Å²) >= 11 is 0. The number of nitrogens with zero attached hydrogens (tertiary/aromatic N) is 1. The van der Waals surface area contributed by atoms with Crippen LogP contribution in [-0.4, -0.2) is 17.9 Å². The SMILES string of the molecule is O=Cc1ccc2nccc(OCCc3cccc(F)c3)c2c1. The molecular formula is C18H14FNO2. The van der Waals surface area contributed by atoms with Crippen molar-refractivity contribution >= 4 is 17.2 Å². The lowest BCUT2D eigenvalue weighted by Gasteiger charge is -2.09. The van der Waals surface area contributed by atoms with Crippen LogP contribution in [0.4, 0.5) is 4.39 Å². The summed E-state index contributed by atoms with van der Waals surface area (Å²) in [5, 5.41) is 0.798. The Hall–Kier alpha value is -2.75. The third-order valence-corrected chi connectivity index (χ3v) is 3.40. The summed E-state index contributed by atoms with van der Waals surface area (Å²) in [5.74, 6) is 0.424. The van der Waals surface area contributed by atoms with Gasteiger partial charge in [-0.2, -0.15) is 0 Å². The summed E-state index contributed by atoms with van der Waals surface area (Å²) in [6, 6.07) is 13.5. The standard InChI is InChI=1S/C18H14FNO2/c19-15-3-1-2-13(10-15)7-9-22-18-6-8-20-17-5-4-14(12-21)11-16(17)18/h1-6,8,10-12H,7,9H2. The zero-order valence-electron chi connectivity index (χ0n) is 11.8. The highest BCUT2D eigenvalue weighted by molar-refractivity contribution is 5.90. The quantitative estimate of drug-likeness (QED) is 0.672. The van der Waals surface area contributed by atoms with Crippen molar-refractivity contribution < 1.29 is 13.9 Å². The summed E-state index contributed by atoms with van der Waals surface area (Å²) in [4.78, 5) is 15.1. The summed E-state index contributed by atoms with van der Waals surface area (Å²) in [6.07, 6.45) is 3.07. The third kappa shape index (κ3) is 3.11. The fraction of sp³-hybridized carbons (Fsp3) is 0.111. The average Bonchev–Trinajstić information content (AvgIpc) is 2.55. The van der Waals surface area contributed by atoms with Crippen LogP contribution in [0.5, 0.6) is 5.75 Å². The van der Waals surface area contributed by atoms with E-state index in [0.717, 1.165) is 22.8 Å². The van der Waals surface area contributed by atoms with E-state index in [0.29, 0.717) is 24.3 Å². The molecule has 0 unspecified atom stereocenters. The molecule has 22 heavy (non-hydrogen) atoms. The molecule has 0 saturated carbocycles. The third-order valence-electron chi connectivity index (χ3n) is 3.40. The maximum absolute atomic E-state index is 13.1. The lowest BCUT2D eigenvalue weighted by molar-refractivity contribution is 0.112. The van der Waals surface area contributed by atoms with Gasteiger partial charge >= 0.3 is 0 Å². The maximum Gasteiger partial charge on any atom is 0.150 e. The van der Waals surface area contributed by atoms with Crippen molar-refractivity contribution in [2.45, 2.75) is 6.42 Å². The molecule has 0 amide bonds. The minimum absolute atomic E-state index is 0.248. The number of benzene rings is 2. The lowest BCUT2D eigenvalue weighted by Crippen LogP contribution is -2.02. The molecule has 3 nitrogen and oxygen atoms in total. The van der Waals surface area contributed by atoms with Gasteiger partial charge in [-0.15, -0.1) is 0 Å². The lowest BCUT2D eigenvalue weighted by atomic mass is 10.1. The molecule has 0 fully saturated rings. The van der Waals surface area contributed by atoms with E-state index in [1.54, 1.807) is 36.5 Å². The number of aldehydes is 1. The van der Waals surface area contributed by atoms with Gasteiger partial charge in [0.25, 0.3) is 0 Å². The Morgan fingerprint density at radius 1 is 1.14 bits per heavy atom. The summed E-state index contributed by atoms with van der Waals surface area (Å²) < 4.78 is 18.9. The van der Waals surface area contributed by atoms with E-state index in [2.05, 4.69) is 4.98 Å². The predicted octanol–water partition coefficient (Wildman–Crippen LogP) is 3.81. The van der Waals surface area contributed by atoms with Gasteiger partial charge in [-0.1, -0.05) is 12.1 Å². The number of aromatic nitrogens is 1. The van der Waals surface area contributed by atoms with Gasteiger partial charge in [-0.25, -0.2) is 4.39 Å². The van der Waals surface area contributed by atoms with Gasteiger partial charge in [0.05, 0.1) is 12.1 Å². The van der Waals surface area contributed by atoms with Gasteiger partial charge in [0, 0.05) is 23.6 Å². The minimum atomic E-state index is -0.248. The first kappa shape index (κ1) is 14.2. The topological polar surface area (TPSA) is 39.2 Å². The van der Waals surface area contributed by atoms with Crippen LogP contribution < -0.4 is 4.74 Å². The Balaban J connectivity index is 1.77. The molecule has 1 heterocycles. The van der Waals surface area contributed by atoms with Crippen molar-refractivity contribution in [3.63, 3.8) is 0 Å². The molecule has 2 aromatic carbocycles. The van der Waals surface area contributed by atoms with Crippen molar-refractivity contribution in [1.82, 2.24) is 4.98 Å². The predicted molar refractivity (Wildman–Crippen MR) is 82.7 cm³/mol. The summed E-state index contributed by atoms with van der Waals surface area (Å²) in [5.41, 5.74) is 2.23. The fourth-order valence-electron chi connectivity index (χ4n) is 2.31. The second-order valence-corrected chi connectivity index (χ2v) is 4.93. The van der Waals surface area contributed by atoms with Crippen LogP contribution in [0.1, 0.15) is 15.9 Å². The first-order valence-corrected chi connectivity index (χ1v) is 6.97. The van der Waals surface area contributed by atoms with Gasteiger partial charge in [0.2, 0.25) is 0 Å². The maximum atomic E-state index is 13.1. The van der Waals surface area contributed by atoms with Crippen molar-refractivity contribution in [1.29, 1.82) is 0 Å². The van der Waals surface area contributed by atoms with E-state index in [9.17, 15) is 9.18 Å². The molecule has 0 spiro atoms. The van der Waals surface area contributed by atoms with E-state index < -0.39 is 0 Å². The minimum Gasteiger partial charge on any atom is -0.492 e. The number of pyridine rings is 1. The van der Waals surface area contributed by atoms with E-state index >= 15 is 0 Å². The van der Waals surface area contributed by atoms with Crippen LogP contribution in [0, 0.1) is 5.82 Å². The molecule has 110 valence electrons. The number of rotatable bonds is 5. The molecular weight excluding hydrogens is 281 g/mol. The van der Waals surface area contributed by atoms with Crippen LogP contribution in [0.2, 0.25) is 0 Å². The summed E-state index contributed by atoms with van der Waals surface area (Å²) in [7, 11) is 0. The van der Waals surface area contributed by atoms with E-state index in [1.165, 1.54) is 12.1 Å². The highest BCUT2D eigenvalue weighted by atomic mass is 19.1. The number of halogens is 1. The van der Waals surface area contributed by atoms with Crippen LogP contribution in [0.25, 0.3) is 10.9 Å². The van der Waals surface area contributed by atoms with E-state index in [4.69, 9.17) is 4.74 Å². The highest BCUT2D eigenvalue weighted by Gasteiger charge is 2.05. The Kier molecular flexibility index (Phi) is 4.10. The van der Waals surface area contributed by atoms with Crippen molar-refractivity contribution in [3.8, 4) is 5.75 Å². The Morgan fingerprint density at radius 3 is 2.86 bits per heavy atom. The van der Waals surface area contributed by atoms with Crippen molar-refractivity contribution in [2.24, 2.45) is 0 Å². The second-order valence-electron chi connectivity index (χ2n) is 4.93. The Morgan fingerprint density at radius 2 is 2.05 bits per heavy atom. The molecule has 0 bridgehead atoms. The van der Waals surface area contributed by atoms with Gasteiger partial charge in [0.1, 0.15) is 17.9 Å². The zero-order valence-corrected chi connectivity index (χ0v) is 11.8. The van der Waals surface area contributed by atoms with Crippen LogP contribution >= 0.6 is 0 Å². The number of carbonyl (C=O) groups is 1. The van der Waals surface area contributed by atoms with Crippen LogP contribution in [0.15, 0.2) is 54.7 Å². The zero-order chi connectivity index (χ0) is 15.4. The van der Waals surface area contributed by atoms with Gasteiger partial charge in [-0.05, 0) is 42.0 Å². The molecule has 0 aliphatic carbocycles. The molecule has 3 aromatic rings. The van der Waals surface area contributed by atoms with Crippen molar-refractivity contribution in [3.05, 3.63) is 71.7 Å².